The number of thioether (sulfide) groups is 1. The van der Waals surface area contributed by atoms with Gasteiger partial charge in [-0.3, -0.25) is 14.2 Å². The molecule has 0 unspecified atom stereocenters. The van der Waals surface area contributed by atoms with Gasteiger partial charge in [0.2, 0.25) is 5.91 Å². The van der Waals surface area contributed by atoms with Crippen LogP contribution < -0.4 is 10.9 Å². The van der Waals surface area contributed by atoms with Gasteiger partial charge in [-0.15, -0.1) is 0 Å². The standard InChI is InChI=1S/C26H31ClN4O2S/c1-4-30-13-11-19(12-14-30)28-24(32)16-34-26-29-22-15-18(27)9-10-21(22)25(33)31(26)23-8-6-5-7-20(23)17(2)3/h5-10,15,17,19H,4,11-14,16H2,1-3H3,(H,28,32). The Morgan fingerprint density at radius 2 is 1.94 bits per heavy atom. The van der Waals surface area contributed by atoms with Crippen molar-refractivity contribution in [1.82, 2.24) is 19.8 Å². The summed E-state index contributed by atoms with van der Waals surface area (Å²) >= 11 is 7.47. The van der Waals surface area contributed by atoms with Gasteiger partial charge in [0.05, 0.1) is 22.3 Å². The number of aromatic nitrogens is 2. The molecule has 1 saturated heterocycles. The number of carbonyl (C=O) groups excluding carboxylic acids is 1. The Kier molecular flexibility index (Phi) is 7.96. The van der Waals surface area contributed by atoms with E-state index in [2.05, 4.69) is 31.0 Å². The predicted octanol–water partition coefficient (Wildman–Crippen LogP) is 4.86. The Bertz CT molecular complexity index is 1240. The number of rotatable bonds is 7. The highest BCUT2D eigenvalue weighted by Gasteiger charge is 2.21. The highest BCUT2D eigenvalue weighted by Crippen LogP contribution is 2.27. The maximum Gasteiger partial charge on any atom is 0.266 e. The number of carbonyl (C=O) groups is 1. The van der Waals surface area contributed by atoms with Gasteiger partial charge in [-0.2, -0.15) is 0 Å². The van der Waals surface area contributed by atoms with Gasteiger partial charge in [-0.25, -0.2) is 4.98 Å². The van der Waals surface area contributed by atoms with Crippen LogP contribution >= 0.6 is 23.4 Å². The van der Waals surface area contributed by atoms with Gasteiger partial charge < -0.3 is 10.2 Å². The first-order valence-corrected chi connectivity index (χ1v) is 13.2. The molecule has 1 fully saturated rings. The van der Waals surface area contributed by atoms with Crippen LogP contribution in [0.15, 0.2) is 52.4 Å². The van der Waals surface area contributed by atoms with E-state index in [1.165, 1.54) is 11.8 Å². The third-order valence-electron chi connectivity index (χ3n) is 6.33. The Labute approximate surface area is 209 Å². The van der Waals surface area contributed by atoms with Crippen molar-refractivity contribution in [3.63, 3.8) is 0 Å². The maximum atomic E-state index is 13.6. The second-order valence-electron chi connectivity index (χ2n) is 8.97. The van der Waals surface area contributed by atoms with Gasteiger partial charge in [-0.05, 0) is 55.1 Å². The number of nitrogens with one attached hydrogen (secondary N) is 1. The molecule has 0 aliphatic carbocycles. The van der Waals surface area contributed by atoms with Crippen LogP contribution in [-0.2, 0) is 4.79 Å². The maximum absolute atomic E-state index is 13.6. The molecule has 1 aromatic heterocycles. The topological polar surface area (TPSA) is 67.2 Å². The fourth-order valence-electron chi connectivity index (χ4n) is 4.42. The third-order valence-corrected chi connectivity index (χ3v) is 7.51. The molecule has 2 aromatic carbocycles. The first-order valence-electron chi connectivity index (χ1n) is 11.8. The van der Waals surface area contributed by atoms with E-state index in [1.807, 2.05) is 24.3 Å². The second kappa shape index (κ2) is 10.9. The lowest BCUT2D eigenvalue weighted by Crippen LogP contribution is -2.45. The van der Waals surface area contributed by atoms with Crippen molar-refractivity contribution in [2.45, 2.75) is 50.7 Å². The van der Waals surface area contributed by atoms with Gasteiger partial charge in [0.25, 0.3) is 5.56 Å². The first-order chi connectivity index (χ1) is 16.4. The van der Waals surface area contributed by atoms with Crippen LogP contribution in [0.5, 0.6) is 0 Å². The van der Waals surface area contributed by atoms with Crippen molar-refractivity contribution in [2.24, 2.45) is 0 Å². The molecule has 0 spiro atoms. The van der Waals surface area contributed by atoms with Crippen LogP contribution in [0.4, 0.5) is 0 Å². The Morgan fingerprint density at radius 1 is 1.21 bits per heavy atom. The van der Waals surface area contributed by atoms with Crippen molar-refractivity contribution in [3.8, 4) is 5.69 Å². The van der Waals surface area contributed by atoms with Crippen molar-refractivity contribution in [1.29, 1.82) is 0 Å². The Hall–Kier alpha value is -2.35. The zero-order chi connectivity index (χ0) is 24.2. The number of hydrogen-bond acceptors (Lipinski definition) is 5. The molecule has 0 bridgehead atoms. The number of halogens is 1. The van der Waals surface area contributed by atoms with Crippen molar-refractivity contribution < 1.29 is 4.79 Å². The lowest BCUT2D eigenvalue weighted by molar-refractivity contribution is -0.119. The van der Waals surface area contributed by atoms with E-state index in [0.29, 0.717) is 21.1 Å². The zero-order valence-electron chi connectivity index (χ0n) is 19.9. The molecular formula is C26H31ClN4O2S. The minimum atomic E-state index is -0.162. The van der Waals surface area contributed by atoms with E-state index < -0.39 is 0 Å². The quantitative estimate of drug-likeness (QED) is 0.372. The number of benzene rings is 2. The predicted molar refractivity (Wildman–Crippen MR) is 140 cm³/mol. The summed E-state index contributed by atoms with van der Waals surface area (Å²) < 4.78 is 1.64. The zero-order valence-corrected chi connectivity index (χ0v) is 21.5. The fourth-order valence-corrected chi connectivity index (χ4v) is 5.40. The van der Waals surface area contributed by atoms with E-state index in [4.69, 9.17) is 16.6 Å². The Balaban J connectivity index is 1.64. The molecule has 1 N–H and O–H groups in total. The van der Waals surface area contributed by atoms with E-state index in [-0.39, 0.29) is 29.2 Å². The van der Waals surface area contributed by atoms with Crippen molar-refractivity contribution >= 4 is 40.2 Å². The smallest absolute Gasteiger partial charge is 0.266 e. The normalized spacial score (nSPS) is 15.2. The molecule has 1 amide bonds. The molecule has 8 heteroatoms. The van der Waals surface area contributed by atoms with Gasteiger partial charge in [0, 0.05) is 24.2 Å². The summed E-state index contributed by atoms with van der Waals surface area (Å²) in [6, 6.07) is 13.2. The summed E-state index contributed by atoms with van der Waals surface area (Å²) in [7, 11) is 0. The molecule has 4 rings (SSSR count). The summed E-state index contributed by atoms with van der Waals surface area (Å²) in [5.41, 5.74) is 2.21. The summed E-state index contributed by atoms with van der Waals surface area (Å²) in [6.07, 6.45) is 1.92. The number of hydrogen-bond donors (Lipinski definition) is 1. The molecule has 0 saturated carbocycles. The van der Waals surface area contributed by atoms with E-state index in [9.17, 15) is 9.59 Å². The van der Waals surface area contributed by atoms with Crippen LogP contribution in [0.2, 0.25) is 5.02 Å². The minimum Gasteiger partial charge on any atom is -0.353 e. The highest BCUT2D eigenvalue weighted by molar-refractivity contribution is 7.99. The van der Waals surface area contributed by atoms with Crippen LogP contribution in [0.1, 0.15) is 45.1 Å². The monoisotopic (exact) mass is 498 g/mol. The van der Waals surface area contributed by atoms with Gasteiger partial charge >= 0.3 is 0 Å². The number of para-hydroxylation sites is 1. The summed E-state index contributed by atoms with van der Waals surface area (Å²) in [5.74, 6) is 0.374. The van der Waals surface area contributed by atoms with E-state index in [0.717, 1.165) is 43.7 Å². The number of piperidine rings is 1. The molecule has 6 nitrogen and oxygen atoms in total. The number of fused-ring (bicyclic) bond motifs is 1. The molecule has 180 valence electrons. The second-order valence-corrected chi connectivity index (χ2v) is 10.4. The van der Waals surface area contributed by atoms with Crippen LogP contribution in [-0.4, -0.2) is 51.8 Å². The van der Waals surface area contributed by atoms with E-state index in [1.54, 1.807) is 22.8 Å². The molecule has 0 radical (unpaired) electrons. The lowest BCUT2D eigenvalue weighted by Gasteiger charge is -2.31. The van der Waals surface area contributed by atoms with Gasteiger partial charge in [-0.1, -0.05) is 62.3 Å². The summed E-state index contributed by atoms with van der Waals surface area (Å²) in [6.45, 7) is 9.42. The SMILES string of the molecule is CCN1CCC(NC(=O)CSc2nc3cc(Cl)ccc3c(=O)n2-c2ccccc2C(C)C)CC1. The lowest BCUT2D eigenvalue weighted by atomic mass is 10.0. The summed E-state index contributed by atoms with van der Waals surface area (Å²) in [5, 5.41) is 4.67. The number of likely N-dealkylation sites (tertiary alicyclic amines) is 1. The molecular weight excluding hydrogens is 468 g/mol. The molecule has 3 aromatic rings. The molecule has 2 heterocycles. The van der Waals surface area contributed by atoms with Gasteiger partial charge in [0.15, 0.2) is 5.16 Å². The first kappa shape index (κ1) is 24.8. The average molecular weight is 499 g/mol. The summed E-state index contributed by atoms with van der Waals surface area (Å²) in [4.78, 5) is 33.6. The van der Waals surface area contributed by atoms with Crippen molar-refractivity contribution in [2.75, 3.05) is 25.4 Å². The molecule has 0 atom stereocenters. The molecule has 1 aliphatic heterocycles. The van der Waals surface area contributed by atoms with Crippen LogP contribution in [0.25, 0.3) is 16.6 Å². The molecule has 1 aliphatic rings. The minimum absolute atomic E-state index is 0.0379. The van der Waals surface area contributed by atoms with Crippen LogP contribution in [0, 0.1) is 0 Å². The number of amides is 1. The van der Waals surface area contributed by atoms with Crippen LogP contribution in [0.3, 0.4) is 0 Å². The average Bonchev–Trinajstić information content (AvgIpc) is 2.83. The van der Waals surface area contributed by atoms with E-state index >= 15 is 0 Å². The van der Waals surface area contributed by atoms with Crippen molar-refractivity contribution in [3.05, 3.63) is 63.4 Å². The fraction of sp³-hybridized carbons (Fsp3) is 0.423. The number of nitrogens with zero attached hydrogens (tertiary/aromatic N) is 3. The third kappa shape index (κ3) is 5.48. The molecule has 34 heavy (non-hydrogen) atoms. The highest BCUT2D eigenvalue weighted by atomic mass is 35.5. The van der Waals surface area contributed by atoms with Gasteiger partial charge in [0.1, 0.15) is 0 Å². The largest absolute Gasteiger partial charge is 0.353 e. The Morgan fingerprint density at radius 3 is 2.65 bits per heavy atom.